The Kier molecular flexibility index (Phi) is 5.51. The topological polar surface area (TPSA) is 111 Å². The van der Waals surface area contributed by atoms with Crippen molar-refractivity contribution in [3.63, 3.8) is 0 Å². The van der Waals surface area contributed by atoms with Crippen molar-refractivity contribution < 1.29 is 18.6 Å². The van der Waals surface area contributed by atoms with E-state index in [1.807, 2.05) is 12.1 Å². The van der Waals surface area contributed by atoms with E-state index < -0.39 is 10.8 Å². The number of fused-ring (bicyclic) bond motifs is 1. The van der Waals surface area contributed by atoms with Gasteiger partial charge in [-0.05, 0) is 58.4 Å². The zero-order chi connectivity index (χ0) is 21.3. The maximum Gasteiger partial charge on any atom is 0.307 e. The number of carbonyl (C=O) groups excluding carboxylic acids is 1. The molecule has 1 N–H and O–H groups in total. The number of halogens is 2. The van der Waals surface area contributed by atoms with Crippen molar-refractivity contribution in [3.8, 4) is 11.3 Å². The molecular formula is C20H11Br2N3O5. The van der Waals surface area contributed by atoms with Gasteiger partial charge in [0.2, 0.25) is 0 Å². The fourth-order valence-corrected chi connectivity index (χ4v) is 3.66. The van der Waals surface area contributed by atoms with Gasteiger partial charge in [0.25, 0.3) is 5.69 Å². The number of nitrogens with zero attached hydrogens (tertiary/aromatic N) is 2. The Morgan fingerprint density at radius 3 is 2.67 bits per heavy atom. The predicted octanol–water partition coefficient (Wildman–Crippen LogP) is 5.89. The molecule has 0 unspecified atom stereocenters. The van der Waals surface area contributed by atoms with Crippen LogP contribution in [0.5, 0.6) is 0 Å². The number of hydrazone groups is 1. The van der Waals surface area contributed by atoms with E-state index >= 15 is 0 Å². The minimum atomic E-state index is -0.497. The molecule has 2 heterocycles. The molecule has 30 heavy (non-hydrogen) atoms. The Bertz CT molecular complexity index is 1310. The number of rotatable bonds is 5. The molecule has 0 saturated carbocycles. The summed E-state index contributed by atoms with van der Waals surface area (Å²) in [5.74, 6) is 0.523. The van der Waals surface area contributed by atoms with Crippen LogP contribution in [0.4, 0.5) is 5.69 Å². The summed E-state index contributed by atoms with van der Waals surface area (Å²) < 4.78 is 12.6. The molecule has 0 saturated heterocycles. The smallest absolute Gasteiger partial charge is 0.307 e. The van der Waals surface area contributed by atoms with Crippen molar-refractivity contribution >= 4 is 60.6 Å². The van der Waals surface area contributed by atoms with Crippen molar-refractivity contribution in [2.45, 2.75) is 0 Å². The number of hydrogen-bond acceptors (Lipinski definition) is 6. The summed E-state index contributed by atoms with van der Waals surface area (Å²) in [5.41, 5.74) is 3.60. The molecule has 0 spiro atoms. The van der Waals surface area contributed by atoms with E-state index in [0.717, 1.165) is 9.86 Å². The molecule has 0 fully saturated rings. The minimum Gasteiger partial charge on any atom is -0.455 e. The predicted molar refractivity (Wildman–Crippen MR) is 117 cm³/mol. The van der Waals surface area contributed by atoms with Crippen molar-refractivity contribution in [2.24, 2.45) is 5.10 Å². The second-order valence-electron chi connectivity index (χ2n) is 6.12. The zero-order valence-corrected chi connectivity index (χ0v) is 18.1. The molecule has 2 aromatic heterocycles. The quantitative estimate of drug-likeness (QED) is 0.196. The van der Waals surface area contributed by atoms with E-state index in [-0.39, 0.29) is 11.4 Å². The first-order chi connectivity index (χ1) is 14.4. The molecule has 0 aliphatic heterocycles. The molecule has 0 bridgehead atoms. The number of benzene rings is 2. The summed E-state index contributed by atoms with van der Waals surface area (Å²) in [7, 11) is 0. The van der Waals surface area contributed by atoms with Crippen molar-refractivity contribution in [3.05, 3.63) is 85.2 Å². The number of hydrogen-bond donors (Lipinski definition) is 1. The molecular weight excluding hydrogens is 522 g/mol. The van der Waals surface area contributed by atoms with Gasteiger partial charge in [-0.2, -0.15) is 5.10 Å². The fourth-order valence-electron chi connectivity index (χ4n) is 2.72. The van der Waals surface area contributed by atoms with E-state index in [9.17, 15) is 14.9 Å². The van der Waals surface area contributed by atoms with E-state index in [1.54, 1.807) is 30.3 Å². The summed E-state index contributed by atoms with van der Waals surface area (Å²) in [5, 5.41) is 15.5. The number of nitro groups is 1. The highest BCUT2D eigenvalue weighted by atomic mass is 79.9. The number of amides is 1. The maximum atomic E-state index is 12.2. The molecule has 150 valence electrons. The second-order valence-corrected chi connectivity index (χ2v) is 7.89. The number of carbonyl (C=O) groups is 1. The van der Waals surface area contributed by atoms with Crippen LogP contribution in [-0.4, -0.2) is 17.0 Å². The molecule has 1 amide bonds. The van der Waals surface area contributed by atoms with Crippen LogP contribution in [0.15, 0.2) is 77.5 Å². The number of nitrogens with one attached hydrogen (secondary N) is 1. The molecule has 0 aliphatic rings. The van der Waals surface area contributed by atoms with Crippen LogP contribution in [-0.2, 0) is 0 Å². The third kappa shape index (κ3) is 4.19. The molecule has 2 aromatic carbocycles. The van der Waals surface area contributed by atoms with E-state index in [2.05, 4.69) is 42.4 Å². The first-order valence-electron chi connectivity index (χ1n) is 8.47. The van der Waals surface area contributed by atoms with Gasteiger partial charge in [0.1, 0.15) is 17.1 Å². The molecule has 0 aliphatic carbocycles. The van der Waals surface area contributed by atoms with Gasteiger partial charge in [-0.25, -0.2) is 5.43 Å². The van der Waals surface area contributed by atoms with Crippen LogP contribution in [0.2, 0.25) is 0 Å². The Morgan fingerprint density at radius 2 is 1.90 bits per heavy atom. The third-order valence-corrected chi connectivity index (χ3v) is 5.27. The van der Waals surface area contributed by atoms with E-state index in [4.69, 9.17) is 8.83 Å². The molecule has 0 radical (unpaired) electrons. The van der Waals surface area contributed by atoms with Gasteiger partial charge < -0.3 is 8.83 Å². The lowest BCUT2D eigenvalue weighted by molar-refractivity contribution is -0.384. The number of non-ortho nitro benzene ring substituents is 1. The van der Waals surface area contributed by atoms with Gasteiger partial charge in [0.05, 0.1) is 11.1 Å². The van der Waals surface area contributed by atoms with Crippen molar-refractivity contribution in [1.82, 2.24) is 5.43 Å². The molecule has 0 atom stereocenters. The third-order valence-electron chi connectivity index (χ3n) is 4.12. The summed E-state index contributed by atoms with van der Waals surface area (Å²) in [6.45, 7) is 0. The van der Waals surface area contributed by atoms with Gasteiger partial charge in [0.15, 0.2) is 5.76 Å². The van der Waals surface area contributed by atoms with Crippen LogP contribution in [0.25, 0.3) is 22.3 Å². The highest BCUT2D eigenvalue weighted by Crippen LogP contribution is 2.32. The van der Waals surface area contributed by atoms with Gasteiger partial charge >= 0.3 is 5.91 Å². The summed E-state index contributed by atoms with van der Waals surface area (Å²) in [6, 6.07) is 14.8. The van der Waals surface area contributed by atoms with Crippen molar-refractivity contribution in [1.29, 1.82) is 0 Å². The normalized spacial score (nSPS) is 11.3. The summed E-state index contributed by atoms with van der Waals surface area (Å²) in [6.07, 6.45) is 1.35. The first kappa shape index (κ1) is 20.0. The largest absolute Gasteiger partial charge is 0.455 e. The van der Waals surface area contributed by atoms with Crippen LogP contribution in [0.1, 0.15) is 16.3 Å². The van der Waals surface area contributed by atoms with E-state index in [1.165, 1.54) is 18.3 Å². The molecule has 8 nitrogen and oxygen atoms in total. The Balaban J connectivity index is 1.45. The van der Waals surface area contributed by atoms with Crippen molar-refractivity contribution in [2.75, 3.05) is 0 Å². The molecule has 4 rings (SSSR count). The van der Waals surface area contributed by atoms with Gasteiger partial charge in [-0.3, -0.25) is 14.9 Å². The van der Waals surface area contributed by atoms with E-state index in [0.29, 0.717) is 27.1 Å². The van der Waals surface area contributed by atoms with Crippen LogP contribution in [0.3, 0.4) is 0 Å². The lowest BCUT2D eigenvalue weighted by Gasteiger charge is -2.00. The fraction of sp³-hybridized carbons (Fsp3) is 0. The van der Waals surface area contributed by atoms with Crippen LogP contribution in [0, 0.1) is 10.1 Å². The Labute approximate surface area is 186 Å². The SMILES string of the molecule is O=C(N/N=C\c1ccc(-c2ccc([N+](=O)[O-])cc2Br)o1)c1cc2cc(Br)ccc2o1. The van der Waals surface area contributed by atoms with Gasteiger partial charge in [-0.15, -0.1) is 0 Å². The monoisotopic (exact) mass is 531 g/mol. The van der Waals surface area contributed by atoms with Gasteiger partial charge in [0, 0.05) is 32.0 Å². The average molecular weight is 533 g/mol. The summed E-state index contributed by atoms with van der Waals surface area (Å²) in [4.78, 5) is 22.6. The second kappa shape index (κ2) is 8.25. The first-order valence-corrected chi connectivity index (χ1v) is 10.1. The Morgan fingerprint density at radius 1 is 1.07 bits per heavy atom. The van der Waals surface area contributed by atoms with Gasteiger partial charge in [-0.1, -0.05) is 15.9 Å². The van der Waals surface area contributed by atoms with Crippen LogP contribution >= 0.6 is 31.9 Å². The van der Waals surface area contributed by atoms with Crippen LogP contribution < -0.4 is 5.43 Å². The molecule has 4 aromatic rings. The average Bonchev–Trinajstić information content (AvgIpc) is 3.34. The summed E-state index contributed by atoms with van der Waals surface area (Å²) >= 11 is 6.68. The maximum absolute atomic E-state index is 12.2. The lowest BCUT2D eigenvalue weighted by atomic mass is 10.1. The highest BCUT2D eigenvalue weighted by molar-refractivity contribution is 9.10. The standard InChI is InChI=1S/C20H11Br2N3O5/c21-12-1-5-17-11(7-12)8-19(30-17)20(26)24-23-10-14-3-6-18(29-14)15-4-2-13(25(27)28)9-16(15)22/h1-10H,(H,24,26)/b23-10-. The highest BCUT2D eigenvalue weighted by Gasteiger charge is 2.14. The Hall–Kier alpha value is -3.24. The lowest BCUT2D eigenvalue weighted by Crippen LogP contribution is -2.16. The molecule has 10 heteroatoms. The minimum absolute atomic E-state index is 0.0281. The number of furan rings is 2. The zero-order valence-electron chi connectivity index (χ0n) is 15.0. The number of nitro benzene ring substituents is 1.